The van der Waals surface area contributed by atoms with E-state index in [4.69, 9.17) is 11.6 Å². The first-order valence-electron chi connectivity index (χ1n) is 10.0. The molecule has 0 radical (unpaired) electrons. The number of halogens is 1. The van der Waals surface area contributed by atoms with Crippen molar-refractivity contribution in [1.82, 2.24) is 10.2 Å². The first kappa shape index (κ1) is 23.0. The average Bonchev–Trinajstić information content (AvgIpc) is 2.64. The van der Waals surface area contributed by atoms with E-state index in [1.165, 1.54) is 29.8 Å². The summed E-state index contributed by atoms with van der Waals surface area (Å²) in [7, 11) is -3.45. The summed E-state index contributed by atoms with van der Waals surface area (Å²) in [5.41, 5.74) is 1.40. The number of carbonyl (C=O) groups is 1. The molecular weight excluding hydrogens is 398 g/mol. The van der Waals surface area contributed by atoms with Gasteiger partial charge in [-0.1, -0.05) is 24.1 Å². The SMILES string of the molecule is Cc1ccc(Cl)cc1N(CCCC(=O)NCCCN1CCCCC1)S(C)(=O)=O. The minimum atomic E-state index is -3.45. The number of benzene rings is 1. The van der Waals surface area contributed by atoms with Gasteiger partial charge in [0.05, 0.1) is 11.9 Å². The minimum Gasteiger partial charge on any atom is -0.356 e. The quantitative estimate of drug-likeness (QED) is 0.580. The normalized spacial score (nSPS) is 15.4. The molecule has 0 unspecified atom stereocenters. The molecule has 8 heteroatoms. The van der Waals surface area contributed by atoms with Crippen LogP contribution in [0.25, 0.3) is 0 Å². The fourth-order valence-corrected chi connectivity index (χ4v) is 4.68. The molecule has 1 aliphatic heterocycles. The van der Waals surface area contributed by atoms with Gasteiger partial charge >= 0.3 is 0 Å². The van der Waals surface area contributed by atoms with Crippen LogP contribution in [-0.2, 0) is 14.8 Å². The second kappa shape index (κ2) is 11.0. The van der Waals surface area contributed by atoms with Gasteiger partial charge in [-0.15, -0.1) is 0 Å². The highest BCUT2D eigenvalue weighted by Crippen LogP contribution is 2.26. The molecule has 1 heterocycles. The third-order valence-corrected chi connectivity index (χ3v) is 6.44. The van der Waals surface area contributed by atoms with Crippen molar-refractivity contribution in [2.45, 2.75) is 45.4 Å². The van der Waals surface area contributed by atoms with E-state index in [0.717, 1.165) is 31.6 Å². The lowest BCUT2D eigenvalue weighted by Gasteiger charge is -2.26. The molecule has 1 amide bonds. The fourth-order valence-electron chi connectivity index (χ4n) is 3.50. The molecule has 1 aromatic rings. The molecule has 1 fully saturated rings. The standard InChI is InChI=1S/C20H32ClN3O3S/c1-17-9-10-18(21)16-19(17)24(28(2,26)27)15-6-8-20(25)22-11-7-14-23-12-4-3-5-13-23/h9-10,16H,3-8,11-15H2,1-2H3,(H,22,25). The molecule has 158 valence electrons. The van der Waals surface area contributed by atoms with Crippen molar-refractivity contribution in [2.75, 3.05) is 43.3 Å². The number of sulfonamides is 1. The van der Waals surface area contributed by atoms with Crippen molar-refractivity contribution in [1.29, 1.82) is 0 Å². The highest BCUT2D eigenvalue weighted by atomic mass is 35.5. The van der Waals surface area contributed by atoms with Crippen molar-refractivity contribution < 1.29 is 13.2 Å². The number of aryl methyl sites for hydroxylation is 1. The number of nitrogens with zero attached hydrogens (tertiary/aromatic N) is 2. The summed E-state index contributed by atoms with van der Waals surface area (Å²) in [6.45, 7) is 6.12. The van der Waals surface area contributed by atoms with Crippen LogP contribution in [0.3, 0.4) is 0 Å². The predicted octanol–water partition coefficient (Wildman–Crippen LogP) is 3.19. The van der Waals surface area contributed by atoms with Crippen LogP contribution in [0.15, 0.2) is 18.2 Å². The van der Waals surface area contributed by atoms with E-state index in [1.54, 1.807) is 18.2 Å². The van der Waals surface area contributed by atoms with Gasteiger partial charge in [0.1, 0.15) is 0 Å². The Morgan fingerprint density at radius 1 is 1.21 bits per heavy atom. The van der Waals surface area contributed by atoms with Gasteiger partial charge < -0.3 is 10.2 Å². The molecule has 1 aromatic carbocycles. The Labute approximate surface area is 174 Å². The molecule has 1 N–H and O–H groups in total. The summed E-state index contributed by atoms with van der Waals surface area (Å²) in [4.78, 5) is 14.5. The molecule has 1 aliphatic rings. The highest BCUT2D eigenvalue weighted by Gasteiger charge is 2.19. The number of hydrogen-bond acceptors (Lipinski definition) is 4. The monoisotopic (exact) mass is 429 g/mol. The van der Waals surface area contributed by atoms with Crippen molar-refractivity contribution >= 4 is 33.2 Å². The Kier molecular flexibility index (Phi) is 9.05. The molecule has 0 spiro atoms. The zero-order chi connectivity index (χ0) is 20.6. The summed E-state index contributed by atoms with van der Waals surface area (Å²) in [5.74, 6) is -0.0325. The van der Waals surface area contributed by atoms with Gasteiger partial charge in [0, 0.05) is 24.5 Å². The Hall–Kier alpha value is -1.31. The number of carbonyl (C=O) groups excluding carboxylic acids is 1. The largest absolute Gasteiger partial charge is 0.356 e. The summed E-state index contributed by atoms with van der Waals surface area (Å²) >= 11 is 6.03. The molecule has 2 rings (SSSR count). The van der Waals surface area contributed by atoms with E-state index in [0.29, 0.717) is 30.1 Å². The van der Waals surface area contributed by atoms with E-state index in [9.17, 15) is 13.2 Å². The Balaban J connectivity index is 1.75. The molecule has 0 aromatic heterocycles. The molecule has 0 aliphatic carbocycles. The lowest BCUT2D eigenvalue weighted by molar-refractivity contribution is -0.121. The van der Waals surface area contributed by atoms with Gasteiger partial charge in [-0.3, -0.25) is 9.10 Å². The van der Waals surface area contributed by atoms with Crippen LogP contribution >= 0.6 is 11.6 Å². The third-order valence-electron chi connectivity index (χ3n) is 5.03. The van der Waals surface area contributed by atoms with Gasteiger partial charge in [0.2, 0.25) is 15.9 Å². The smallest absolute Gasteiger partial charge is 0.232 e. The van der Waals surface area contributed by atoms with Crippen molar-refractivity contribution in [3.63, 3.8) is 0 Å². The molecule has 28 heavy (non-hydrogen) atoms. The molecule has 0 saturated carbocycles. The van der Waals surface area contributed by atoms with Crippen molar-refractivity contribution in [2.24, 2.45) is 0 Å². The third kappa shape index (κ3) is 7.60. The zero-order valence-corrected chi connectivity index (χ0v) is 18.5. The van der Waals surface area contributed by atoms with E-state index in [-0.39, 0.29) is 12.5 Å². The van der Waals surface area contributed by atoms with Crippen LogP contribution in [0.5, 0.6) is 0 Å². The average molecular weight is 430 g/mol. The van der Waals surface area contributed by atoms with Gasteiger partial charge in [0.15, 0.2) is 0 Å². The van der Waals surface area contributed by atoms with E-state index in [1.807, 2.05) is 6.92 Å². The number of amides is 1. The van der Waals surface area contributed by atoms with Crippen LogP contribution in [0.2, 0.25) is 5.02 Å². The van der Waals surface area contributed by atoms with E-state index in [2.05, 4.69) is 10.2 Å². The first-order valence-corrected chi connectivity index (χ1v) is 12.2. The van der Waals surface area contributed by atoms with E-state index >= 15 is 0 Å². The summed E-state index contributed by atoms with van der Waals surface area (Å²) < 4.78 is 25.8. The van der Waals surface area contributed by atoms with Crippen LogP contribution in [-0.4, -0.2) is 58.2 Å². The van der Waals surface area contributed by atoms with Crippen LogP contribution in [0, 0.1) is 6.92 Å². The fraction of sp³-hybridized carbons (Fsp3) is 0.650. The molecule has 6 nitrogen and oxygen atoms in total. The summed E-state index contributed by atoms with van der Waals surface area (Å²) in [6, 6.07) is 5.18. The highest BCUT2D eigenvalue weighted by molar-refractivity contribution is 7.92. The Morgan fingerprint density at radius 3 is 2.61 bits per heavy atom. The van der Waals surface area contributed by atoms with Crippen LogP contribution < -0.4 is 9.62 Å². The number of hydrogen-bond donors (Lipinski definition) is 1. The van der Waals surface area contributed by atoms with Crippen molar-refractivity contribution in [3.05, 3.63) is 28.8 Å². The summed E-state index contributed by atoms with van der Waals surface area (Å²) in [6.07, 6.45) is 6.75. The number of piperidine rings is 1. The maximum absolute atomic E-state index is 12.2. The Morgan fingerprint density at radius 2 is 1.93 bits per heavy atom. The maximum Gasteiger partial charge on any atom is 0.232 e. The first-order chi connectivity index (χ1) is 13.3. The number of likely N-dealkylation sites (tertiary alicyclic amines) is 1. The molecule has 0 atom stereocenters. The molecule has 1 saturated heterocycles. The summed E-state index contributed by atoms with van der Waals surface area (Å²) in [5, 5.41) is 3.43. The van der Waals surface area contributed by atoms with Crippen LogP contribution in [0.1, 0.15) is 44.1 Å². The lowest BCUT2D eigenvalue weighted by Crippen LogP contribution is -2.34. The van der Waals surface area contributed by atoms with Crippen molar-refractivity contribution in [3.8, 4) is 0 Å². The predicted molar refractivity (Wildman–Crippen MR) is 116 cm³/mol. The zero-order valence-electron chi connectivity index (χ0n) is 16.9. The van der Waals surface area contributed by atoms with Gasteiger partial charge in [0.25, 0.3) is 0 Å². The topological polar surface area (TPSA) is 69.7 Å². The molecule has 0 bridgehead atoms. The Bertz CT molecular complexity index is 749. The van der Waals surface area contributed by atoms with Gasteiger partial charge in [-0.25, -0.2) is 8.42 Å². The maximum atomic E-state index is 12.2. The minimum absolute atomic E-state index is 0.0325. The van der Waals surface area contributed by atoms with Gasteiger partial charge in [-0.05, 0) is 69.9 Å². The van der Waals surface area contributed by atoms with Crippen LogP contribution in [0.4, 0.5) is 5.69 Å². The lowest BCUT2D eigenvalue weighted by atomic mass is 10.1. The van der Waals surface area contributed by atoms with E-state index < -0.39 is 10.0 Å². The molecular formula is C20H32ClN3O3S. The second-order valence-corrected chi connectivity index (χ2v) is 9.82. The number of anilines is 1. The number of nitrogens with one attached hydrogen (secondary N) is 1. The van der Waals surface area contributed by atoms with Gasteiger partial charge in [-0.2, -0.15) is 0 Å². The number of rotatable bonds is 10. The second-order valence-electron chi connectivity index (χ2n) is 7.48.